The van der Waals surface area contributed by atoms with Crippen molar-refractivity contribution in [1.82, 2.24) is 9.80 Å². The summed E-state index contributed by atoms with van der Waals surface area (Å²) in [7, 11) is 2.79. The molecule has 1 aliphatic heterocycles. The molecule has 1 saturated heterocycles. The Bertz CT molecular complexity index is 603. The summed E-state index contributed by atoms with van der Waals surface area (Å²) in [5.41, 5.74) is -0.339. The number of rotatable bonds is 4. The number of imide groups is 2. The van der Waals surface area contributed by atoms with Crippen molar-refractivity contribution in [2.75, 3.05) is 14.1 Å². The summed E-state index contributed by atoms with van der Waals surface area (Å²) in [5, 5.41) is 0. The smallest absolute Gasteiger partial charge is 0.332 e. The van der Waals surface area contributed by atoms with Gasteiger partial charge in [0.15, 0.2) is 0 Å². The van der Waals surface area contributed by atoms with Gasteiger partial charge in [-0.3, -0.25) is 19.4 Å². The van der Waals surface area contributed by atoms with E-state index in [2.05, 4.69) is 0 Å². The van der Waals surface area contributed by atoms with Crippen LogP contribution in [0.15, 0.2) is 34.5 Å². The first-order valence-electron chi connectivity index (χ1n) is 7.05. The van der Waals surface area contributed by atoms with Crippen LogP contribution in [0.1, 0.15) is 26.0 Å². The number of allylic oxidation sites excluding steroid dienone is 2. The third-order valence-electron chi connectivity index (χ3n) is 3.92. The van der Waals surface area contributed by atoms with Gasteiger partial charge in [-0.15, -0.1) is 0 Å². The van der Waals surface area contributed by atoms with E-state index in [4.69, 9.17) is 4.42 Å². The Hall–Kier alpha value is -2.37. The minimum atomic E-state index is -1.34. The molecule has 0 N–H and O–H groups in total. The first-order chi connectivity index (χ1) is 10.3. The van der Waals surface area contributed by atoms with E-state index < -0.39 is 23.3 Å². The van der Waals surface area contributed by atoms with Gasteiger partial charge in [0.1, 0.15) is 11.2 Å². The van der Waals surface area contributed by atoms with Crippen LogP contribution in [0.4, 0.5) is 4.79 Å². The monoisotopic (exact) mass is 304 g/mol. The molecule has 0 aromatic carbocycles. The minimum absolute atomic E-state index is 0.128. The Kier molecular flexibility index (Phi) is 4.21. The Labute approximate surface area is 129 Å². The van der Waals surface area contributed by atoms with E-state index in [-0.39, 0.29) is 12.8 Å². The highest BCUT2D eigenvalue weighted by Gasteiger charge is 2.55. The van der Waals surface area contributed by atoms with Crippen LogP contribution in [0.3, 0.4) is 0 Å². The Morgan fingerprint density at radius 2 is 1.77 bits per heavy atom. The number of hydrogen-bond donors (Lipinski definition) is 0. The maximum atomic E-state index is 12.7. The highest BCUT2D eigenvalue weighted by molar-refractivity contribution is 6.19. The molecule has 0 radical (unpaired) electrons. The summed E-state index contributed by atoms with van der Waals surface area (Å²) in [4.78, 5) is 39.4. The maximum absolute atomic E-state index is 12.7. The van der Waals surface area contributed by atoms with Gasteiger partial charge in [-0.05, 0) is 32.4 Å². The highest BCUT2D eigenvalue weighted by atomic mass is 16.3. The van der Waals surface area contributed by atoms with Crippen LogP contribution in [0.2, 0.25) is 0 Å². The van der Waals surface area contributed by atoms with Crippen LogP contribution in [-0.2, 0) is 16.0 Å². The van der Waals surface area contributed by atoms with Crippen LogP contribution < -0.4 is 0 Å². The minimum Gasteiger partial charge on any atom is -0.469 e. The second-order valence-corrected chi connectivity index (χ2v) is 5.83. The quantitative estimate of drug-likeness (QED) is 0.631. The molecule has 1 fully saturated rings. The van der Waals surface area contributed by atoms with E-state index in [1.54, 1.807) is 12.1 Å². The molecule has 0 atom stereocenters. The van der Waals surface area contributed by atoms with E-state index in [0.29, 0.717) is 5.76 Å². The normalized spacial score (nSPS) is 17.9. The highest BCUT2D eigenvalue weighted by Crippen LogP contribution is 2.36. The van der Waals surface area contributed by atoms with Crippen LogP contribution in [0.5, 0.6) is 0 Å². The number of barbiturate groups is 1. The summed E-state index contributed by atoms with van der Waals surface area (Å²) in [6.45, 7) is 3.80. The largest absolute Gasteiger partial charge is 0.469 e. The fourth-order valence-corrected chi connectivity index (χ4v) is 2.62. The van der Waals surface area contributed by atoms with E-state index in [1.165, 1.54) is 20.4 Å². The zero-order chi connectivity index (χ0) is 16.5. The molecule has 4 amide bonds. The number of amides is 4. The van der Waals surface area contributed by atoms with E-state index in [0.717, 1.165) is 15.4 Å². The molecule has 0 bridgehead atoms. The van der Waals surface area contributed by atoms with Gasteiger partial charge in [-0.2, -0.15) is 0 Å². The van der Waals surface area contributed by atoms with Gasteiger partial charge in [0, 0.05) is 20.5 Å². The van der Waals surface area contributed by atoms with Crippen molar-refractivity contribution in [3.05, 3.63) is 35.8 Å². The van der Waals surface area contributed by atoms with E-state index >= 15 is 0 Å². The molecule has 0 spiro atoms. The average molecular weight is 304 g/mol. The topological polar surface area (TPSA) is 70.8 Å². The fraction of sp³-hybridized carbons (Fsp3) is 0.438. The molecule has 1 aromatic heterocycles. The van der Waals surface area contributed by atoms with E-state index in [1.807, 2.05) is 19.9 Å². The molecular weight excluding hydrogens is 284 g/mol. The predicted molar refractivity (Wildman–Crippen MR) is 79.8 cm³/mol. The molecule has 0 unspecified atom stereocenters. The number of carbonyl (C=O) groups excluding carboxylic acids is 3. The SMILES string of the molecule is CC(C)=CCC1(Cc2ccco2)C(=O)N(C)C(=O)N(C)C1=O. The van der Waals surface area contributed by atoms with Crippen molar-refractivity contribution in [3.63, 3.8) is 0 Å². The first-order valence-corrected chi connectivity index (χ1v) is 7.05. The molecule has 2 rings (SSSR count). The summed E-state index contributed by atoms with van der Waals surface area (Å²) in [6, 6.07) is 2.82. The molecule has 22 heavy (non-hydrogen) atoms. The lowest BCUT2D eigenvalue weighted by atomic mass is 9.76. The molecule has 6 heteroatoms. The lowest BCUT2D eigenvalue weighted by Crippen LogP contribution is -2.63. The van der Waals surface area contributed by atoms with Crippen molar-refractivity contribution in [2.24, 2.45) is 5.41 Å². The van der Waals surface area contributed by atoms with Crippen molar-refractivity contribution in [3.8, 4) is 0 Å². The lowest BCUT2D eigenvalue weighted by molar-refractivity contribution is -0.157. The second kappa shape index (κ2) is 5.79. The lowest BCUT2D eigenvalue weighted by Gasteiger charge is -2.41. The zero-order valence-electron chi connectivity index (χ0n) is 13.3. The van der Waals surface area contributed by atoms with Gasteiger partial charge < -0.3 is 4.42 Å². The number of nitrogens with zero attached hydrogens (tertiary/aromatic N) is 2. The molecule has 118 valence electrons. The average Bonchev–Trinajstić information content (AvgIpc) is 2.99. The first kappa shape index (κ1) is 16.0. The molecule has 0 saturated carbocycles. The van der Waals surface area contributed by atoms with Crippen molar-refractivity contribution in [2.45, 2.75) is 26.7 Å². The number of hydrogen-bond acceptors (Lipinski definition) is 4. The van der Waals surface area contributed by atoms with Gasteiger partial charge in [0.05, 0.1) is 6.26 Å². The van der Waals surface area contributed by atoms with Crippen LogP contribution >= 0.6 is 0 Å². The summed E-state index contributed by atoms with van der Waals surface area (Å²) in [5.74, 6) is -0.441. The second-order valence-electron chi connectivity index (χ2n) is 5.83. The predicted octanol–water partition coefficient (Wildman–Crippen LogP) is 2.22. The summed E-state index contributed by atoms with van der Waals surface area (Å²) in [6.07, 6.45) is 3.70. The summed E-state index contributed by atoms with van der Waals surface area (Å²) < 4.78 is 5.31. The van der Waals surface area contributed by atoms with Gasteiger partial charge in [0.25, 0.3) is 0 Å². The molecule has 1 aromatic rings. The molecule has 0 aliphatic carbocycles. The number of carbonyl (C=O) groups is 3. The Balaban J connectivity index is 2.50. The number of furan rings is 1. The van der Waals surface area contributed by atoms with Crippen LogP contribution in [-0.4, -0.2) is 41.7 Å². The van der Waals surface area contributed by atoms with Gasteiger partial charge >= 0.3 is 6.03 Å². The maximum Gasteiger partial charge on any atom is 0.332 e. The summed E-state index contributed by atoms with van der Waals surface area (Å²) >= 11 is 0. The third-order valence-corrected chi connectivity index (χ3v) is 3.92. The van der Waals surface area contributed by atoms with Gasteiger partial charge in [0.2, 0.25) is 11.8 Å². The van der Waals surface area contributed by atoms with Crippen LogP contribution in [0, 0.1) is 5.41 Å². The van der Waals surface area contributed by atoms with Gasteiger partial charge in [-0.1, -0.05) is 11.6 Å². The van der Waals surface area contributed by atoms with Crippen molar-refractivity contribution in [1.29, 1.82) is 0 Å². The zero-order valence-corrected chi connectivity index (χ0v) is 13.3. The Morgan fingerprint density at radius 1 is 1.18 bits per heavy atom. The number of urea groups is 1. The van der Waals surface area contributed by atoms with Crippen molar-refractivity contribution >= 4 is 17.8 Å². The Morgan fingerprint density at radius 3 is 2.23 bits per heavy atom. The molecule has 1 aliphatic rings. The van der Waals surface area contributed by atoms with Gasteiger partial charge in [-0.25, -0.2) is 4.79 Å². The van der Waals surface area contributed by atoms with Crippen LogP contribution in [0.25, 0.3) is 0 Å². The molecule has 6 nitrogen and oxygen atoms in total. The standard InChI is InChI=1S/C16H20N2O4/c1-11(2)7-8-16(10-12-6-5-9-22-12)13(19)17(3)15(21)18(4)14(16)20/h5-7,9H,8,10H2,1-4H3. The van der Waals surface area contributed by atoms with Crippen molar-refractivity contribution < 1.29 is 18.8 Å². The van der Waals surface area contributed by atoms with E-state index in [9.17, 15) is 14.4 Å². The molecule has 2 heterocycles. The fourth-order valence-electron chi connectivity index (χ4n) is 2.62. The molecular formula is C16H20N2O4. The third kappa shape index (κ3) is 2.56.